The fourth-order valence-corrected chi connectivity index (χ4v) is 1.56. The summed E-state index contributed by atoms with van der Waals surface area (Å²) in [6.45, 7) is 0.419. The number of rotatable bonds is 4. The lowest BCUT2D eigenvalue weighted by Crippen LogP contribution is -2.12. The van der Waals surface area contributed by atoms with Crippen molar-refractivity contribution in [2.24, 2.45) is 5.73 Å². The summed E-state index contributed by atoms with van der Waals surface area (Å²) in [5, 5.41) is 2.72. The number of nitrogens with one attached hydrogen (secondary N) is 1. The van der Waals surface area contributed by atoms with Crippen LogP contribution in [-0.2, 0) is 6.54 Å². The second-order valence-corrected chi connectivity index (χ2v) is 3.67. The monoisotopic (exact) mass is 246 g/mol. The van der Waals surface area contributed by atoms with E-state index in [1.165, 1.54) is 13.4 Å². The van der Waals surface area contributed by atoms with Crippen LogP contribution in [0.25, 0.3) is 0 Å². The third-order valence-electron chi connectivity index (χ3n) is 2.49. The molecule has 0 radical (unpaired) electrons. The zero-order chi connectivity index (χ0) is 13.0. The Balaban J connectivity index is 2.21. The van der Waals surface area contributed by atoms with E-state index in [2.05, 4.69) is 5.32 Å². The van der Waals surface area contributed by atoms with E-state index in [4.69, 9.17) is 14.9 Å². The molecule has 0 aliphatic rings. The van der Waals surface area contributed by atoms with Gasteiger partial charge in [-0.1, -0.05) is 6.07 Å². The number of hydrogen-bond donors (Lipinski definition) is 2. The summed E-state index contributed by atoms with van der Waals surface area (Å²) in [5.41, 5.74) is 7.06. The minimum atomic E-state index is -0.321. The van der Waals surface area contributed by atoms with Gasteiger partial charge in [0, 0.05) is 6.54 Å². The quantitative estimate of drug-likeness (QED) is 0.864. The smallest absolute Gasteiger partial charge is 0.291 e. The lowest BCUT2D eigenvalue weighted by Gasteiger charge is -2.10. The molecule has 3 N–H and O–H groups in total. The van der Waals surface area contributed by atoms with Crippen LogP contribution in [0.15, 0.2) is 41.0 Å². The van der Waals surface area contributed by atoms with E-state index in [1.54, 1.807) is 24.3 Å². The SMILES string of the molecule is COc1cc(CN)ccc1NC(=O)c1ccco1. The lowest BCUT2D eigenvalue weighted by atomic mass is 10.2. The lowest BCUT2D eigenvalue weighted by molar-refractivity contribution is 0.0996. The van der Waals surface area contributed by atoms with Crippen molar-refractivity contribution in [2.75, 3.05) is 12.4 Å². The molecule has 1 amide bonds. The van der Waals surface area contributed by atoms with Crippen LogP contribution in [0.3, 0.4) is 0 Å². The number of carbonyl (C=O) groups is 1. The van der Waals surface area contributed by atoms with Gasteiger partial charge in [0.25, 0.3) is 5.91 Å². The highest BCUT2D eigenvalue weighted by Crippen LogP contribution is 2.26. The van der Waals surface area contributed by atoms with Crippen molar-refractivity contribution >= 4 is 11.6 Å². The van der Waals surface area contributed by atoms with Gasteiger partial charge in [-0.3, -0.25) is 4.79 Å². The summed E-state index contributed by atoms with van der Waals surface area (Å²) in [4.78, 5) is 11.8. The molecule has 5 nitrogen and oxygen atoms in total. The van der Waals surface area contributed by atoms with E-state index >= 15 is 0 Å². The number of hydrogen-bond acceptors (Lipinski definition) is 4. The molecule has 0 unspecified atom stereocenters. The third kappa shape index (κ3) is 2.52. The second kappa shape index (κ2) is 5.37. The molecule has 0 aliphatic heterocycles. The number of nitrogens with two attached hydrogens (primary N) is 1. The Morgan fingerprint density at radius 1 is 1.44 bits per heavy atom. The number of anilines is 1. The Bertz CT molecular complexity index is 535. The van der Waals surface area contributed by atoms with E-state index in [-0.39, 0.29) is 11.7 Å². The van der Waals surface area contributed by atoms with E-state index in [1.807, 2.05) is 6.07 Å². The van der Waals surface area contributed by atoms with Gasteiger partial charge in [-0.05, 0) is 29.8 Å². The molecule has 2 aromatic rings. The van der Waals surface area contributed by atoms with Gasteiger partial charge < -0.3 is 20.2 Å². The molecule has 0 bridgehead atoms. The van der Waals surface area contributed by atoms with Gasteiger partial charge in [-0.15, -0.1) is 0 Å². The van der Waals surface area contributed by atoms with E-state index in [9.17, 15) is 4.79 Å². The number of furan rings is 1. The number of methoxy groups -OCH3 is 1. The van der Waals surface area contributed by atoms with Crippen LogP contribution in [0.2, 0.25) is 0 Å². The van der Waals surface area contributed by atoms with E-state index in [0.29, 0.717) is 18.0 Å². The molecule has 0 atom stereocenters. The molecule has 2 rings (SSSR count). The molecule has 0 saturated heterocycles. The zero-order valence-electron chi connectivity index (χ0n) is 9.97. The highest BCUT2D eigenvalue weighted by Gasteiger charge is 2.12. The van der Waals surface area contributed by atoms with Gasteiger partial charge >= 0.3 is 0 Å². The average Bonchev–Trinajstić information content (AvgIpc) is 2.93. The Morgan fingerprint density at radius 3 is 2.89 bits per heavy atom. The Morgan fingerprint density at radius 2 is 2.28 bits per heavy atom. The van der Waals surface area contributed by atoms with Crippen molar-refractivity contribution in [2.45, 2.75) is 6.54 Å². The van der Waals surface area contributed by atoms with Crippen molar-refractivity contribution in [1.29, 1.82) is 0 Å². The summed E-state index contributed by atoms with van der Waals surface area (Å²) < 4.78 is 10.2. The van der Waals surface area contributed by atoms with Crippen LogP contribution < -0.4 is 15.8 Å². The predicted molar refractivity (Wildman–Crippen MR) is 67.5 cm³/mol. The van der Waals surface area contributed by atoms with Crippen molar-refractivity contribution in [3.05, 3.63) is 47.9 Å². The van der Waals surface area contributed by atoms with Crippen LogP contribution in [-0.4, -0.2) is 13.0 Å². The van der Waals surface area contributed by atoms with Gasteiger partial charge in [-0.25, -0.2) is 0 Å². The standard InChI is InChI=1S/C13H14N2O3/c1-17-12-7-9(8-14)4-5-10(12)15-13(16)11-3-2-6-18-11/h2-7H,8,14H2,1H3,(H,15,16). The Labute approximate surface area is 105 Å². The van der Waals surface area contributed by atoms with Gasteiger partial charge in [0.1, 0.15) is 5.75 Å². The third-order valence-corrected chi connectivity index (χ3v) is 2.49. The summed E-state index contributed by atoms with van der Waals surface area (Å²) in [7, 11) is 1.54. The molecule has 0 fully saturated rings. The molecule has 1 heterocycles. The van der Waals surface area contributed by atoms with Gasteiger partial charge in [0.15, 0.2) is 5.76 Å². The largest absolute Gasteiger partial charge is 0.495 e. The Hall–Kier alpha value is -2.27. The first-order valence-corrected chi connectivity index (χ1v) is 5.46. The van der Waals surface area contributed by atoms with Gasteiger partial charge in [0.05, 0.1) is 19.1 Å². The van der Waals surface area contributed by atoms with Gasteiger partial charge in [0.2, 0.25) is 0 Å². The zero-order valence-corrected chi connectivity index (χ0v) is 9.97. The second-order valence-electron chi connectivity index (χ2n) is 3.67. The number of carbonyl (C=O) groups excluding carboxylic acids is 1. The van der Waals surface area contributed by atoms with Crippen LogP contribution in [0, 0.1) is 0 Å². The molecule has 18 heavy (non-hydrogen) atoms. The molecule has 94 valence electrons. The maximum Gasteiger partial charge on any atom is 0.291 e. The predicted octanol–water partition coefficient (Wildman–Crippen LogP) is 2.00. The highest BCUT2D eigenvalue weighted by molar-refractivity contribution is 6.03. The summed E-state index contributed by atoms with van der Waals surface area (Å²) in [6.07, 6.45) is 1.45. The topological polar surface area (TPSA) is 77.5 Å². The summed E-state index contributed by atoms with van der Waals surface area (Å²) in [6, 6.07) is 8.62. The molecule has 0 aliphatic carbocycles. The van der Waals surface area contributed by atoms with Crippen LogP contribution in [0.5, 0.6) is 5.75 Å². The minimum absolute atomic E-state index is 0.250. The molecular weight excluding hydrogens is 232 g/mol. The summed E-state index contributed by atoms with van der Waals surface area (Å²) >= 11 is 0. The highest BCUT2D eigenvalue weighted by atomic mass is 16.5. The molecule has 5 heteroatoms. The first-order valence-electron chi connectivity index (χ1n) is 5.46. The number of ether oxygens (including phenoxy) is 1. The molecule has 0 spiro atoms. The van der Waals surface area contributed by atoms with Crippen molar-refractivity contribution in [3.8, 4) is 5.75 Å². The fourth-order valence-electron chi connectivity index (χ4n) is 1.56. The van der Waals surface area contributed by atoms with E-state index in [0.717, 1.165) is 5.56 Å². The molecule has 1 aromatic carbocycles. The van der Waals surface area contributed by atoms with Crippen LogP contribution >= 0.6 is 0 Å². The van der Waals surface area contributed by atoms with Crippen molar-refractivity contribution in [1.82, 2.24) is 0 Å². The maximum absolute atomic E-state index is 11.8. The normalized spacial score (nSPS) is 10.1. The fraction of sp³-hybridized carbons (Fsp3) is 0.154. The Kier molecular flexibility index (Phi) is 3.64. The molecule has 0 saturated carbocycles. The summed E-state index contributed by atoms with van der Waals surface area (Å²) in [5.74, 6) is 0.497. The van der Waals surface area contributed by atoms with Crippen molar-refractivity contribution < 1.29 is 13.9 Å². The number of benzene rings is 1. The van der Waals surface area contributed by atoms with Crippen LogP contribution in [0.4, 0.5) is 5.69 Å². The first kappa shape index (κ1) is 12.2. The van der Waals surface area contributed by atoms with Gasteiger partial charge in [-0.2, -0.15) is 0 Å². The average molecular weight is 246 g/mol. The first-order chi connectivity index (χ1) is 8.74. The molecular formula is C13H14N2O3. The van der Waals surface area contributed by atoms with E-state index < -0.39 is 0 Å². The number of amides is 1. The van der Waals surface area contributed by atoms with Crippen molar-refractivity contribution in [3.63, 3.8) is 0 Å². The molecule has 1 aromatic heterocycles. The minimum Gasteiger partial charge on any atom is -0.495 e. The van der Waals surface area contributed by atoms with Crippen LogP contribution in [0.1, 0.15) is 16.1 Å². The maximum atomic E-state index is 11.8.